The number of aromatic hydroxyl groups is 1. The van der Waals surface area contributed by atoms with Gasteiger partial charge in [0, 0.05) is 17.7 Å². The van der Waals surface area contributed by atoms with Crippen LogP contribution in [0.3, 0.4) is 0 Å². The summed E-state index contributed by atoms with van der Waals surface area (Å²) in [4.78, 5) is 0. The molecule has 6 heteroatoms. The van der Waals surface area contributed by atoms with E-state index >= 15 is 0 Å². The lowest BCUT2D eigenvalue weighted by Gasteiger charge is -2.26. The molecule has 1 aliphatic rings. The Morgan fingerprint density at radius 3 is 2.66 bits per heavy atom. The van der Waals surface area contributed by atoms with Crippen molar-refractivity contribution in [2.24, 2.45) is 5.10 Å². The number of nitrogens with zero attached hydrogens (tertiary/aromatic N) is 2. The molecule has 1 atom stereocenters. The number of hydrogen-bond acceptors (Lipinski definition) is 5. The number of rotatable bonds is 6. The Bertz CT molecular complexity index is 947. The van der Waals surface area contributed by atoms with Crippen LogP contribution < -0.4 is 4.74 Å². The van der Waals surface area contributed by atoms with E-state index in [-0.39, 0.29) is 11.8 Å². The van der Waals surface area contributed by atoms with Crippen molar-refractivity contribution in [1.82, 2.24) is 5.01 Å². The number of aliphatic hydroxyl groups is 1. The fraction of sp³-hybridized carbons (Fsp3) is 0.348. The first-order chi connectivity index (χ1) is 13.7. The molecular formula is C23H27ClN2O3. The Morgan fingerprint density at radius 1 is 1.31 bits per heavy atom. The van der Waals surface area contributed by atoms with E-state index in [0.717, 1.165) is 22.5 Å². The lowest BCUT2D eigenvalue weighted by Crippen LogP contribution is -2.22. The summed E-state index contributed by atoms with van der Waals surface area (Å²) in [6.07, 6.45) is 2.36. The maximum atomic E-state index is 10.4. The highest BCUT2D eigenvalue weighted by Crippen LogP contribution is 2.40. The summed E-state index contributed by atoms with van der Waals surface area (Å²) in [6, 6.07) is 12.7. The summed E-state index contributed by atoms with van der Waals surface area (Å²) in [5, 5.41) is 27.9. The molecule has 5 nitrogen and oxygen atoms in total. The summed E-state index contributed by atoms with van der Waals surface area (Å²) in [5.41, 5.74) is 2.36. The van der Waals surface area contributed by atoms with E-state index in [9.17, 15) is 10.2 Å². The van der Waals surface area contributed by atoms with Gasteiger partial charge in [-0.2, -0.15) is 5.10 Å². The fourth-order valence-electron chi connectivity index (χ4n) is 3.55. The number of ether oxygens (including phenoxy) is 1. The van der Waals surface area contributed by atoms with Gasteiger partial charge in [-0.25, -0.2) is 0 Å². The standard InChI is InChI=1S/C23H27ClN2O3/c1-5-29-22-11-10-16(12-18(22)24)19-13-20(17-8-6-7-9-21(17)27)26(25-19)15(2)14-23(3,4)28/h6-12,14,20,27-28H,5,13H2,1-4H3/b15-14+/t20-/m1/s1. The van der Waals surface area contributed by atoms with Gasteiger partial charge in [-0.05, 0) is 63.6 Å². The minimum atomic E-state index is -0.978. The van der Waals surface area contributed by atoms with Crippen molar-refractivity contribution in [3.8, 4) is 11.5 Å². The summed E-state index contributed by atoms with van der Waals surface area (Å²) in [6.45, 7) is 7.81. The molecule has 0 aliphatic carbocycles. The molecule has 154 valence electrons. The highest BCUT2D eigenvalue weighted by atomic mass is 35.5. The lowest BCUT2D eigenvalue weighted by atomic mass is 9.97. The normalized spacial score (nSPS) is 17.4. The Hall–Kier alpha value is -2.50. The van der Waals surface area contributed by atoms with Gasteiger partial charge in [-0.3, -0.25) is 5.01 Å². The van der Waals surface area contributed by atoms with Crippen LogP contribution in [0.1, 0.15) is 51.3 Å². The Labute approximate surface area is 176 Å². The van der Waals surface area contributed by atoms with Gasteiger partial charge in [0.15, 0.2) is 0 Å². The molecular weight excluding hydrogens is 388 g/mol. The summed E-state index contributed by atoms with van der Waals surface area (Å²) >= 11 is 6.37. The molecule has 2 aromatic carbocycles. The van der Waals surface area contributed by atoms with Gasteiger partial charge in [-0.1, -0.05) is 29.8 Å². The van der Waals surface area contributed by atoms with Crippen LogP contribution in [0.5, 0.6) is 11.5 Å². The molecule has 0 amide bonds. The molecule has 1 heterocycles. The van der Waals surface area contributed by atoms with Crippen molar-refractivity contribution in [1.29, 1.82) is 0 Å². The number of halogens is 1. The van der Waals surface area contributed by atoms with Gasteiger partial charge in [0.1, 0.15) is 11.5 Å². The number of phenolic OH excluding ortho intramolecular Hbond substituents is 1. The Kier molecular flexibility index (Phi) is 6.20. The number of hydrazone groups is 1. The fourth-order valence-corrected chi connectivity index (χ4v) is 3.79. The van der Waals surface area contributed by atoms with Crippen LogP contribution in [0.2, 0.25) is 5.02 Å². The zero-order chi connectivity index (χ0) is 21.2. The molecule has 0 radical (unpaired) electrons. The molecule has 2 aromatic rings. The van der Waals surface area contributed by atoms with Gasteiger partial charge in [0.2, 0.25) is 0 Å². The first kappa shape index (κ1) is 21.2. The summed E-state index contributed by atoms with van der Waals surface area (Å²) in [5.74, 6) is 0.864. The minimum absolute atomic E-state index is 0.185. The molecule has 0 aromatic heterocycles. The first-order valence-corrected chi connectivity index (χ1v) is 10.1. The van der Waals surface area contributed by atoms with E-state index in [1.54, 1.807) is 32.1 Å². The largest absolute Gasteiger partial charge is 0.508 e. The highest BCUT2D eigenvalue weighted by Gasteiger charge is 2.32. The zero-order valence-corrected chi connectivity index (χ0v) is 17.9. The average molecular weight is 415 g/mol. The van der Waals surface area contributed by atoms with Crippen molar-refractivity contribution >= 4 is 17.3 Å². The molecule has 2 N–H and O–H groups in total. The van der Waals surface area contributed by atoms with Crippen LogP contribution in [-0.4, -0.2) is 33.1 Å². The molecule has 0 unspecified atom stereocenters. The minimum Gasteiger partial charge on any atom is -0.508 e. The number of benzene rings is 2. The van der Waals surface area contributed by atoms with E-state index in [1.807, 2.05) is 49.2 Å². The predicted molar refractivity (Wildman–Crippen MR) is 117 cm³/mol. The highest BCUT2D eigenvalue weighted by molar-refractivity contribution is 6.32. The van der Waals surface area contributed by atoms with Crippen molar-refractivity contribution in [2.45, 2.75) is 45.8 Å². The molecule has 3 rings (SSSR count). The van der Waals surface area contributed by atoms with Crippen LogP contribution in [0, 0.1) is 0 Å². The molecule has 0 saturated carbocycles. The van der Waals surface area contributed by atoms with Gasteiger partial charge in [-0.15, -0.1) is 0 Å². The third-order valence-corrected chi connectivity index (χ3v) is 4.99. The number of para-hydroxylation sites is 1. The molecule has 29 heavy (non-hydrogen) atoms. The maximum absolute atomic E-state index is 10.4. The second-order valence-corrected chi connectivity index (χ2v) is 8.09. The zero-order valence-electron chi connectivity index (χ0n) is 17.2. The van der Waals surface area contributed by atoms with E-state index < -0.39 is 5.60 Å². The van der Waals surface area contributed by atoms with Crippen LogP contribution in [0.4, 0.5) is 0 Å². The van der Waals surface area contributed by atoms with Crippen molar-refractivity contribution in [2.75, 3.05) is 6.61 Å². The first-order valence-electron chi connectivity index (χ1n) is 9.68. The van der Waals surface area contributed by atoms with Crippen LogP contribution in [0.25, 0.3) is 0 Å². The van der Waals surface area contributed by atoms with Gasteiger partial charge in [0.05, 0.1) is 29.0 Å². The van der Waals surface area contributed by atoms with E-state index in [1.165, 1.54) is 0 Å². The molecule has 0 spiro atoms. The van der Waals surface area contributed by atoms with Gasteiger partial charge in [0.25, 0.3) is 0 Å². The number of hydrogen-bond donors (Lipinski definition) is 2. The van der Waals surface area contributed by atoms with Crippen LogP contribution in [0.15, 0.2) is 59.3 Å². The van der Waals surface area contributed by atoms with E-state index in [2.05, 4.69) is 0 Å². The maximum Gasteiger partial charge on any atom is 0.137 e. The van der Waals surface area contributed by atoms with Gasteiger partial charge >= 0.3 is 0 Å². The molecule has 0 bridgehead atoms. The Balaban J connectivity index is 2.01. The van der Waals surface area contributed by atoms with E-state index in [0.29, 0.717) is 23.8 Å². The van der Waals surface area contributed by atoms with E-state index in [4.69, 9.17) is 21.4 Å². The smallest absolute Gasteiger partial charge is 0.137 e. The quantitative estimate of drug-likeness (QED) is 0.675. The Morgan fingerprint density at radius 2 is 2.03 bits per heavy atom. The van der Waals surface area contributed by atoms with Gasteiger partial charge < -0.3 is 14.9 Å². The molecule has 0 fully saturated rings. The lowest BCUT2D eigenvalue weighted by molar-refractivity contribution is 0.128. The van der Waals surface area contributed by atoms with Crippen LogP contribution in [-0.2, 0) is 0 Å². The SMILES string of the molecule is CCOc1ccc(C2=NN(/C(C)=C/C(C)(C)O)[C@@H](c3ccccc3O)C2)cc1Cl. The topological polar surface area (TPSA) is 65.3 Å². The molecule has 1 aliphatic heterocycles. The monoisotopic (exact) mass is 414 g/mol. The van der Waals surface area contributed by atoms with Crippen LogP contribution >= 0.6 is 11.6 Å². The van der Waals surface area contributed by atoms with Crippen molar-refractivity contribution < 1.29 is 14.9 Å². The number of allylic oxidation sites excluding steroid dienone is 1. The third kappa shape index (κ3) is 4.92. The summed E-state index contributed by atoms with van der Waals surface area (Å²) in [7, 11) is 0. The second-order valence-electron chi connectivity index (χ2n) is 7.69. The second kappa shape index (κ2) is 8.47. The molecule has 0 saturated heterocycles. The van der Waals surface area contributed by atoms with Crippen molar-refractivity contribution in [3.05, 3.63) is 70.4 Å². The summed E-state index contributed by atoms with van der Waals surface area (Å²) < 4.78 is 5.52. The third-order valence-electron chi connectivity index (χ3n) is 4.69. The van der Waals surface area contributed by atoms with Crippen molar-refractivity contribution in [3.63, 3.8) is 0 Å². The predicted octanol–water partition coefficient (Wildman–Crippen LogP) is 5.27. The number of phenols is 1. The average Bonchev–Trinajstić information content (AvgIpc) is 3.08.